The lowest BCUT2D eigenvalue weighted by molar-refractivity contribution is 0.661. The lowest BCUT2D eigenvalue weighted by Crippen LogP contribution is -1.69. The topological polar surface area (TPSA) is 20.2 Å². The summed E-state index contributed by atoms with van der Waals surface area (Å²) in [6.45, 7) is 0. The van der Waals surface area contributed by atoms with E-state index >= 15 is 0 Å². The molecule has 0 aliphatic carbocycles. The van der Waals surface area contributed by atoms with Gasteiger partial charge in [0, 0.05) is 6.26 Å². The zero-order chi connectivity index (χ0) is 3.58. The molecule has 4 heavy (non-hydrogen) atoms. The second-order valence-electron chi connectivity index (χ2n) is 0.424. The van der Waals surface area contributed by atoms with Crippen molar-refractivity contribution < 1.29 is 4.55 Å². The average Bonchev–Trinajstić information content (AvgIpc) is 0.811. The summed E-state index contributed by atoms with van der Waals surface area (Å²) >= 11 is 4.20. The molecule has 1 nitrogen and oxygen atoms in total. The third-order valence-corrected chi connectivity index (χ3v) is 0. The molecule has 0 rings (SSSR count). The van der Waals surface area contributed by atoms with Gasteiger partial charge >= 0.3 is 0 Å². The first-order valence-electron chi connectivity index (χ1n) is 0.757. The molecule has 1 unspecified atom stereocenters. The van der Waals surface area contributed by atoms with Crippen molar-refractivity contribution in [3.63, 3.8) is 0 Å². The van der Waals surface area contributed by atoms with Crippen LogP contribution in [0.25, 0.3) is 0 Å². The first-order chi connectivity index (χ1) is 1.73. The summed E-state index contributed by atoms with van der Waals surface area (Å²) in [7, 11) is -0.778. The molecule has 26 valence electrons. The van der Waals surface area contributed by atoms with Gasteiger partial charge in [-0.2, -0.15) is 0 Å². The van der Waals surface area contributed by atoms with Crippen LogP contribution in [0, 0.1) is 0 Å². The van der Waals surface area contributed by atoms with Crippen molar-refractivity contribution in [3.05, 3.63) is 0 Å². The van der Waals surface area contributed by atoms with Crippen LogP contribution in [0.1, 0.15) is 0 Å². The van der Waals surface area contributed by atoms with E-state index in [-0.39, 0.29) is 0 Å². The lowest BCUT2D eigenvalue weighted by atomic mass is 12.0. The van der Waals surface area contributed by atoms with E-state index in [0.717, 1.165) is 0 Å². The number of rotatable bonds is 0. The van der Waals surface area contributed by atoms with E-state index < -0.39 is 9.74 Å². The quantitative estimate of drug-likeness (QED) is 0.464. The summed E-state index contributed by atoms with van der Waals surface area (Å²) < 4.78 is 7.90. The van der Waals surface area contributed by atoms with Crippen molar-refractivity contribution in [1.82, 2.24) is 0 Å². The van der Waals surface area contributed by atoms with E-state index in [4.69, 9.17) is 4.55 Å². The lowest BCUT2D eigenvalue weighted by Gasteiger charge is -1.66. The minimum Gasteiger partial charge on any atom is -0.327 e. The van der Waals surface area contributed by atoms with Crippen molar-refractivity contribution in [2.24, 2.45) is 0 Å². The highest BCUT2D eigenvalue weighted by Crippen LogP contribution is 1.49. The second-order valence-corrected chi connectivity index (χ2v) is 2.72. The molecule has 0 aliphatic rings. The molecule has 3 heteroatoms. The largest absolute Gasteiger partial charge is 0.327 e. The van der Waals surface area contributed by atoms with Crippen LogP contribution < -0.4 is 0 Å². The van der Waals surface area contributed by atoms with Crippen LogP contribution in [0.15, 0.2) is 0 Å². The Hall–Kier alpha value is 0.530. The Kier molecular flexibility index (Phi) is 2.05. The van der Waals surface area contributed by atoms with Gasteiger partial charge in [0.1, 0.15) is 0 Å². The van der Waals surface area contributed by atoms with Gasteiger partial charge in [-0.15, -0.1) is 0 Å². The summed E-state index contributed by atoms with van der Waals surface area (Å²) in [6, 6.07) is 0. The predicted octanol–water partition coefficient (Wildman–Crippen LogP) is 0.169. The Morgan fingerprint density at radius 3 is 2.00 bits per heavy atom. The van der Waals surface area contributed by atoms with Gasteiger partial charge in [0.2, 0.25) is 0 Å². The molecule has 1 N–H and O–H groups in total. The first-order valence-corrected chi connectivity index (χ1v) is 3.27. The third-order valence-electron chi connectivity index (χ3n) is 0. The van der Waals surface area contributed by atoms with Gasteiger partial charge in [-0.3, -0.25) is 0 Å². The fourth-order valence-corrected chi connectivity index (χ4v) is 0. The van der Waals surface area contributed by atoms with Gasteiger partial charge < -0.3 is 4.55 Å². The van der Waals surface area contributed by atoms with Gasteiger partial charge in [-0.05, 0) is 20.9 Å². The standard InChI is InChI=1S/CH4OS2/c1-4(2)3/h1H3,(H,2,3). The van der Waals surface area contributed by atoms with Crippen molar-refractivity contribution in [1.29, 1.82) is 0 Å². The minimum absolute atomic E-state index is 0.778. The fourth-order valence-electron chi connectivity index (χ4n) is 0. The summed E-state index contributed by atoms with van der Waals surface area (Å²) in [5.41, 5.74) is 0. The highest BCUT2D eigenvalue weighted by atomic mass is 32.8. The van der Waals surface area contributed by atoms with Crippen molar-refractivity contribution in [2.75, 3.05) is 6.26 Å². The molecule has 1 atom stereocenters. The average molecular weight is 96.2 g/mol. The maximum Gasteiger partial charge on any atom is 0.0108 e. The van der Waals surface area contributed by atoms with Gasteiger partial charge in [0.05, 0.1) is 0 Å². The molecule has 0 aromatic carbocycles. The highest BCUT2D eigenvalue weighted by Gasteiger charge is 1.52. The highest BCUT2D eigenvalue weighted by molar-refractivity contribution is 8.25. The second kappa shape index (κ2) is 1.81. The summed E-state index contributed by atoms with van der Waals surface area (Å²) in [6.07, 6.45) is 1.56. The van der Waals surface area contributed by atoms with E-state index in [1.165, 1.54) is 0 Å². The van der Waals surface area contributed by atoms with Crippen LogP contribution in [0.2, 0.25) is 0 Å². The molecule has 0 aromatic heterocycles. The van der Waals surface area contributed by atoms with Gasteiger partial charge in [0.15, 0.2) is 0 Å². The predicted molar refractivity (Wildman–Crippen MR) is 23.3 cm³/mol. The Bertz CT molecular complexity index is 29.0. The summed E-state index contributed by atoms with van der Waals surface area (Å²) in [4.78, 5) is 0. The molecule has 0 spiro atoms. The molecule has 0 fully saturated rings. The Morgan fingerprint density at radius 2 is 2.00 bits per heavy atom. The molecule has 0 heterocycles. The molecular formula is CH4OS2. The first kappa shape index (κ1) is 4.53. The molecule has 0 radical (unpaired) electrons. The Morgan fingerprint density at radius 1 is 2.00 bits per heavy atom. The minimum atomic E-state index is -0.778. The van der Waals surface area contributed by atoms with Crippen molar-refractivity contribution in [2.45, 2.75) is 0 Å². The van der Waals surface area contributed by atoms with Crippen LogP contribution in [-0.4, -0.2) is 10.8 Å². The van der Waals surface area contributed by atoms with Gasteiger partial charge in [-0.1, -0.05) is 0 Å². The van der Waals surface area contributed by atoms with Crippen LogP contribution in [0.3, 0.4) is 0 Å². The van der Waals surface area contributed by atoms with E-state index in [1.807, 2.05) is 0 Å². The van der Waals surface area contributed by atoms with Gasteiger partial charge in [0.25, 0.3) is 0 Å². The SMILES string of the molecule is CS(O)=S. The molecule has 0 aliphatic heterocycles. The molecule has 0 aromatic rings. The maximum atomic E-state index is 7.90. The van der Waals surface area contributed by atoms with Crippen molar-refractivity contribution >= 4 is 20.9 Å². The van der Waals surface area contributed by atoms with E-state index in [2.05, 4.69) is 11.2 Å². The van der Waals surface area contributed by atoms with E-state index in [0.29, 0.717) is 0 Å². The molecule has 0 bridgehead atoms. The maximum absolute atomic E-state index is 7.90. The zero-order valence-electron chi connectivity index (χ0n) is 2.26. The monoisotopic (exact) mass is 96.0 g/mol. The number of hydrogen-bond donors (Lipinski definition) is 1. The van der Waals surface area contributed by atoms with Crippen LogP contribution in [0.4, 0.5) is 0 Å². The third kappa shape index (κ3) is 21.1. The van der Waals surface area contributed by atoms with E-state index in [9.17, 15) is 0 Å². The normalized spacial score (nSPS) is 15.5. The van der Waals surface area contributed by atoms with Gasteiger partial charge in [-0.25, -0.2) is 0 Å². The Balaban J connectivity index is 2.80. The zero-order valence-corrected chi connectivity index (χ0v) is 3.90. The Labute approximate surface area is 32.4 Å². The summed E-state index contributed by atoms with van der Waals surface area (Å²) in [5, 5.41) is 0. The fraction of sp³-hybridized carbons (Fsp3) is 1.00. The molecule has 0 saturated heterocycles. The smallest absolute Gasteiger partial charge is 0.0108 e. The van der Waals surface area contributed by atoms with Crippen LogP contribution in [-0.2, 0) is 20.9 Å². The summed E-state index contributed by atoms with van der Waals surface area (Å²) in [5.74, 6) is 0. The molecule has 0 amide bonds. The van der Waals surface area contributed by atoms with E-state index in [1.54, 1.807) is 6.26 Å². The van der Waals surface area contributed by atoms with Crippen LogP contribution in [0.5, 0.6) is 0 Å². The molecule has 0 saturated carbocycles. The van der Waals surface area contributed by atoms with Crippen LogP contribution >= 0.6 is 0 Å². The number of hydrogen-bond acceptors (Lipinski definition) is 1. The molecular weight excluding hydrogens is 92.1 g/mol. The van der Waals surface area contributed by atoms with Crippen molar-refractivity contribution in [3.8, 4) is 0 Å².